The molecule has 2 aromatic rings. The topological polar surface area (TPSA) is 32.7 Å². The van der Waals surface area contributed by atoms with Crippen molar-refractivity contribution in [1.82, 2.24) is 4.90 Å². The summed E-state index contributed by atoms with van der Waals surface area (Å²) in [5.74, 6) is 0.842. The van der Waals surface area contributed by atoms with E-state index in [0.717, 1.165) is 42.5 Å². The van der Waals surface area contributed by atoms with Gasteiger partial charge in [-0.25, -0.2) is 0 Å². The van der Waals surface area contributed by atoms with Crippen LogP contribution in [0, 0.1) is 0 Å². The molecule has 0 bridgehead atoms. The van der Waals surface area contributed by atoms with E-state index in [1.807, 2.05) is 24.3 Å². The number of fused-ring (bicyclic) bond motifs is 1. The van der Waals surface area contributed by atoms with Gasteiger partial charge < -0.3 is 14.7 Å². The van der Waals surface area contributed by atoms with Crippen LogP contribution in [0.1, 0.15) is 26.7 Å². The summed E-state index contributed by atoms with van der Waals surface area (Å²) in [4.78, 5) is 2.30. The van der Waals surface area contributed by atoms with Crippen molar-refractivity contribution in [3.8, 4) is 5.75 Å². The minimum atomic E-state index is -0.461. The van der Waals surface area contributed by atoms with Crippen LogP contribution in [-0.2, 0) is 0 Å². The highest BCUT2D eigenvalue weighted by molar-refractivity contribution is 5.88. The molecule has 1 unspecified atom stereocenters. The van der Waals surface area contributed by atoms with Crippen LogP contribution in [0.2, 0.25) is 0 Å². The summed E-state index contributed by atoms with van der Waals surface area (Å²) in [7, 11) is 0. The molecular formula is C19H27NO2. The molecule has 120 valence electrons. The molecule has 0 aliphatic carbocycles. The Morgan fingerprint density at radius 1 is 1.00 bits per heavy atom. The van der Waals surface area contributed by atoms with Crippen molar-refractivity contribution in [3.05, 3.63) is 42.5 Å². The number of hydrogen-bond acceptors (Lipinski definition) is 3. The minimum Gasteiger partial charge on any atom is -0.490 e. The van der Waals surface area contributed by atoms with Crippen LogP contribution in [0.3, 0.4) is 0 Å². The normalized spacial score (nSPS) is 12.7. The molecule has 1 N–H and O–H groups in total. The van der Waals surface area contributed by atoms with Gasteiger partial charge in [0.25, 0.3) is 0 Å². The summed E-state index contributed by atoms with van der Waals surface area (Å²) in [5, 5.41) is 12.5. The lowest BCUT2D eigenvalue weighted by atomic mass is 10.1. The Bertz CT molecular complexity index is 559. The van der Waals surface area contributed by atoms with Gasteiger partial charge in [-0.1, -0.05) is 50.2 Å². The van der Waals surface area contributed by atoms with E-state index in [9.17, 15) is 5.11 Å². The zero-order chi connectivity index (χ0) is 15.8. The molecule has 2 rings (SSSR count). The number of hydrogen-bond donors (Lipinski definition) is 1. The lowest BCUT2D eigenvalue weighted by Gasteiger charge is -2.24. The van der Waals surface area contributed by atoms with E-state index in [2.05, 4.69) is 36.9 Å². The second-order valence-corrected chi connectivity index (χ2v) is 5.74. The van der Waals surface area contributed by atoms with Crippen molar-refractivity contribution in [2.45, 2.75) is 32.8 Å². The first-order valence-electron chi connectivity index (χ1n) is 8.25. The molecule has 0 heterocycles. The number of aliphatic hydroxyl groups is 1. The molecule has 0 spiro atoms. The van der Waals surface area contributed by atoms with E-state index in [1.165, 1.54) is 0 Å². The molecule has 0 saturated carbocycles. The molecule has 0 aromatic heterocycles. The molecule has 0 radical (unpaired) electrons. The molecule has 0 aliphatic heterocycles. The summed E-state index contributed by atoms with van der Waals surface area (Å²) >= 11 is 0. The van der Waals surface area contributed by atoms with Gasteiger partial charge in [0.15, 0.2) is 0 Å². The van der Waals surface area contributed by atoms with Crippen molar-refractivity contribution in [2.75, 3.05) is 26.2 Å². The van der Waals surface area contributed by atoms with Gasteiger partial charge in [-0.05, 0) is 37.4 Å². The fourth-order valence-corrected chi connectivity index (χ4v) is 2.79. The minimum absolute atomic E-state index is 0.331. The Morgan fingerprint density at radius 3 is 2.41 bits per heavy atom. The van der Waals surface area contributed by atoms with E-state index in [0.29, 0.717) is 13.2 Å². The van der Waals surface area contributed by atoms with Crippen molar-refractivity contribution < 1.29 is 9.84 Å². The van der Waals surface area contributed by atoms with E-state index >= 15 is 0 Å². The average molecular weight is 301 g/mol. The smallest absolute Gasteiger partial charge is 0.127 e. The zero-order valence-electron chi connectivity index (χ0n) is 13.7. The van der Waals surface area contributed by atoms with Crippen LogP contribution in [0.25, 0.3) is 10.8 Å². The van der Waals surface area contributed by atoms with E-state index in [-0.39, 0.29) is 0 Å². The zero-order valence-corrected chi connectivity index (χ0v) is 13.7. The summed E-state index contributed by atoms with van der Waals surface area (Å²) < 4.78 is 5.86. The first-order chi connectivity index (χ1) is 10.7. The predicted molar refractivity (Wildman–Crippen MR) is 92.5 cm³/mol. The molecule has 2 aromatic carbocycles. The molecule has 0 aliphatic rings. The maximum atomic E-state index is 10.2. The standard InChI is InChI=1S/C19H27NO2/c1-3-12-20(13-4-2)14-17(21)15-22-19-11-7-9-16-8-5-6-10-18(16)19/h5-11,17,21H,3-4,12-15H2,1-2H3. The van der Waals surface area contributed by atoms with Crippen molar-refractivity contribution in [2.24, 2.45) is 0 Å². The van der Waals surface area contributed by atoms with Crippen molar-refractivity contribution in [1.29, 1.82) is 0 Å². The van der Waals surface area contributed by atoms with Gasteiger partial charge in [-0.3, -0.25) is 0 Å². The fraction of sp³-hybridized carbons (Fsp3) is 0.474. The summed E-state index contributed by atoms with van der Waals surface area (Å²) in [6.07, 6.45) is 1.76. The summed E-state index contributed by atoms with van der Waals surface area (Å²) in [6, 6.07) is 14.2. The molecule has 22 heavy (non-hydrogen) atoms. The second-order valence-electron chi connectivity index (χ2n) is 5.74. The first-order valence-corrected chi connectivity index (χ1v) is 8.25. The lowest BCUT2D eigenvalue weighted by Crippen LogP contribution is -2.36. The maximum Gasteiger partial charge on any atom is 0.127 e. The molecule has 0 fully saturated rings. The Labute approximate surface area is 133 Å². The highest BCUT2D eigenvalue weighted by Crippen LogP contribution is 2.25. The largest absolute Gasteiger partial charge is 0.490 e. The van der Waals surface area contributed by atoms with Gasteiger partial charge in [-0.2, -0.15) is 0 Å². The van der Waals surface area contributed by atoms with Gasteiger partial charge >= 0.3 is 0 Å². The van der Waals surface area contributed by atoms with Crippen LogP contribution in [0.4, 0.5) is 0 Å². The second kappa shape index (κ2) is 8.76. The summed E-state index contributed by atoms with van der Waals surface area (Å²) in [6.45, 7) is 7.39. The van der Waals surface area contributed by atoms with Gasteiger partial charge in [0, 0.05) is 11.9 Å². The number of aliphatic hydroxyl groups excluding tert-OH is 1. The average Bonchev–Trinajstić information content (AvgIpc) is 2.53. The summed E-state index contributed by atoms with van der Waals surface area (Å²) in [5.41, 5.74) is 0. The SMILES string of the molecule is CCCN(CCC)CC(O)COc1cccc2ccccc12. The maximum absolute atomic E-state index is 10.2. The third kappa shape index (κ3) is 4.72. The van der Waals surface area contributed by atoms with E-state index in [4.69, 9.17) is 4.74 Å². The van der Waals surface area contributed by atoms with E-state index in [1.54, 1.807) is 0 Å². The highest BCUT2D eigenvalue weighted by atomic mass is 16.5. The van der Waals surface area contributed by atoms with Crippen molar-refractivity contribution >= 4 is 10.8 Å². The van der Waals surface area contributed by atoms with Gasteiger partial charge in [-0.15, -0.1) is 0 Å². The number of ether oxygens (including phenoxy) is 1. The van der Waals surface area contributed by atoms with E-state index < -0.39 is 6.10 Å². The third-order valence-electron chi connectivity index (χ3n) is 3.73. The number of nitrogens with zero attached hydrogens (tertiary/aromatic N) is 1. The quantitative estimate of drug-likeness (QED) is 0.766. The molecule has 0 amide bonds. The fourth-order valence-electron chi connectivity index (χ4n) is 2.79. The van der Waals surface area contributed by atoms with Gasteiger partial charge in [0.1, 0.15) is 18.5 Å². The first kappa shape index (κ1) is 16.8. The van der Waals surface area contributed by atoms with Crippen LogP contribution >= 0.6 is 0 Å². The van der Waals surface area contributed by atoms with Crippen LogP contribution in [0.5, 0.6) is 5.75 Å². The Kier molecular flexibility index (Phi) is 6.69. The van der Waals surface area contributed by atoms with Crippen LogP contribution in [0.15, 0.2) is 42.5 Å². The third-order valence-corrected chi connectivity index (χ3v) is 3.73. The van der Waals surface area contributed by atoms with Crippen LogP contribution < -0.4 is 4.74 Å². The van der Waals surface area contributed by atoms with Gasteiger partial charge in [0.2, 0.25) is 0 Å². The number of rotatable bonds is 9. The lowest BCUT2D eigenvalue weighted by molar-refractivity contribution is 0.0687. The van der Waals surface area contributed by atoms with Crippen LogP contribution in [-0.4, -0.2) is 42.4 Å². The Morgan fingerprint density at radius 2 is 1.68 bits per heavy atom. The molecule has 0 saturated heterocycles. The predicted octanol–water partition coefficient (Wildman–Crippen LogP) is 3.70. The molecular weight excluding hydrogens is 274 g/mol. The van der Waals surface area contributed by atoms with Gasteiger partial charge in [0.05, 0.1) is 0 Å². The van der Waals surface area contributed by atoms with Crippen molar-refractivity contribution in [3.63, 3.8) is 0 Å². The number of benzene rings is 2. The molecule has 3 heteroatoms. The Balaban J connectivity index is 1.93. The monoisotopic (exact) mass is 301 g/mol. The highest BCUT2D eigenvalue weighted by Gasteiger charge is 2.12. The Hall–Kier alpha value is -1.58. The molecule has 1 atom stereocenters. The molecule has 3 nitrogen and oxygen atoms in total.